The summed E-state index contributed by atoms with van der Waals surface area (Å²) >= 11 is 0.940. The normalized spacial score (nSPS) is 17.8. The molecule has 8 nitrogen and oxygen atoms in total. The number of benzene rings is 1. The van der Waals surface area contributed by atoms with Crippen LogP contribution in [0.3, 0.4) is 0 Å². The van der Waals surface area contributed by atoms with E-state index >= 15 is 0 Å². The van der Waals surface area contributed by atoms with Crippen molar-refractivity contribution in [2.75, 3.05) is 13.3 Å². The first kappa shape index (κ1) is 23.1. The van der Waals surface area contributed by atoms with Gasteiger partial charge in [-0.15, -0.1) is 0 Å². The molecule has 4 rings (SSSR count). The Bertz CT molecular complexity index is 991. The molecule has 1 aliphatic heterocycles. The Hall–Kier alpha value is -3.07. The van der Waals surface area contributed by atoms with E-state index in [2.05, 4.69) is 18.0 Å². The standard InChI is InChI=1S/C24H26N2O6S/c1-2-16-3-6-18(25-14-16)11-12-30-19-7-4-17(5-8-19)13-21-22(27)26(23(28)33-21)15-31-24(29)32-20-9-10-20/h3-8,14,20-21H,2,9-13,15H2,1H3. The van der Waals surface area contributed by atoms with Gasteiger partial charge in [0.05, 0.1) is 11.9 Å². The maximum atomic E-state index is 12.6. The molecule has 9 heteroatoms. The van der Waals surface area contributed by atoms with Gasteiger partial charge in [-0.3, -0.25) is 14.6 Å². The Morgan fingerprint density at radius 1 is 1.12 bits per heavy atom. The zero-order valence-corrected chi connectivity index (χ0v) is 19.2. The first-order valence-electron chi connectivity index (χ1n) is 11.0. The Morgan fingerprint density at radius 3 is 2.55 bits per heavy atom. The number of thioether (sulfide) groups is 1. The van der Waals surface area contributed by atoms with Crippen molar-refractivity contribution in [3.05, 3.63) is 59.4 Å². The third-order valence-electron chi connectivity index (χ3n) is 5.37. The number of amides is 2. The van der Waals surface area contributed by atoms with Gasteiger partial charge in [0.25, 0.3) is 5.24 Å². The third kappa shape index (κ3) is 6.47. The van der Waals surface area contributed by atoms with Crippen molar-refractivity contribution in [2.24, 2.45) is 0 Å². The lowest BCUT2D eigenvalue weighted by molar-refractivity contribution is -0.129. The van der Waals surface area contributed by atoms with Gasteiger partial charge in [0, 0.05) is 18.3 Å². The van der Waals surface area contributed by atoms with Crippen molar-refractivity contribution in [3.8, 4) is 5.75 Å². The van der Waals surface area contributed by atoms with Crippen molar-refractivity contribution in [2.45, 2.75) is 50.4 Å². The first-order chi connectivity index (χ1) is 16.0. The van der Waals surface area contributed by atoms with Gasteiger partial charge in [-0.2, -0.15) is 0 Å². The molecule has 2 fully saturated rings. The molecule has 1 aliphatic carbocycles. The maximum absolute atomic E-state index is 12.6. The molecule has 0 N–H and O–H groups in total. The van der Waals surface area contributed by atoms with Crippen LogP contribution in [-0.4, -0.2) is 51.9 Å². The average Bonchev–Trinajstić information content (AvgIpc) is 3.59. The van der Waals surface area contributed by atoms with Crippen LogP contribution in [-0.2, 0) is 33.5 Å². The van der Waals surface area contributed by atoms with E-state index in [4.69, 9.17) is 14.2 Å². The molecule has 0 spiro atoms. The lowest BCUT2D eigenvalue weighted by Gasteiger charge is -2.14. The molecule has 174 valence electrons. The molecule has 1 unspecified atom stereocenters. The number of nitrogens with zero attached hydrogens (tertiary/aromatic N) is 2. The van der Waals surface area contributed by atoms with Gasteiger partial charge in [-0.25, -0.2) is 9.69 Å². The molecular weight excluding hydrogens is 444 g/mol. The van der Waals surface area contributed by atoms with E-state index in [-0.39, 0.29) is 12.0 Å². The SMILES string of the molecule is CCc1ccc(CCOc2ccc(CC3SC(=O)N(COC(=O)OC4CC4)C3=O)cc2)nc1. The van der Waals surface area contributed by atoms with Crippen molar-refractivity contribution in [3.63, 3.8) is 0 Å². The van der Waals surface area contributed by atoms with Gasteiger partial charge in [0.15, 0.2) is 6.73 Å². The van der Waals surface area contributed by atoms with Crippen LogP contribution in [0.4, 0.5) is 9.59 Å². The van der Waals surface area contributed by atoms with Gasteiger partial charge in [-0.1, -0.05) is 36.9 Å². The number of carbonyl (C=O) groups is 3. The largest absolute Gasteiger partial charge is 0.510 e. The van der Waals surface area contributed by atoms with Crippen molar-refractivity contribution < 1.29 is 28.6 Å². The van der Waals surface area contributed by atoms with E-state index in [1.54, 1.807) is 0 Å². The van der Waals surface area contributed by atoms with E-state index in [1.165, 1.54) is 5.56 Å². The lowest BCUT2D eigenvalue weighted by Crippen LogP contribution is -2.35. The predicted molar refractivity (Wildman–Crippen MR) is 122 cm³/mol. The molecule has 0 bridgehead atoms. The number of rotatable bonds is 10. The molecule has 1 saturated carbocycles. The average molecular weight is 471 g/mol. The maximum Gasteiger partial charge on any atom is 0.510 e. The number of aryl methyl sites for hydroxylation is 1. The zero-order valence-electron chi connectivity index (χ0n) is 18.4. The summed E-state index contributed by atoms with van der Waals surface area (Å²) in [5.41, 5.74) is 3.11. The predicted octanol–water partition coefficient (Wildman–Crippen LogP) is 4.15. The molecular formula is C24H26N2O6S. The second-order valence-electron chi connectivity index (χ2n) is 7.94. The monoisotopic (exact) mass is 470 g/mol. The van der Waals surface area contributed by atoms with Crippen LogP contribution in [0.25, 0.3) is 0 Å². The van der Waals surface area contributed by atoms with Crippen LogP contribution in [0.5, 0.6) is 5.75 Å². The number of pyridine rings is 1. The van der Waals surface area contributed by atoms with Gasteiger partial charge < -0.3 is 14.2 Å². The van der Waals surface area contributed by atoms with Crippen LogP contribution in [0, 0.1) is 0 Å². The fourth-order valence-electron chi connectivity index (χ4n) is 3.24. The highest BCUT2D eigenvalue weighted by Gasteiger charge is 2.40. The smallest absolute Gasteiger partial charge is 0.493 e. The van der Waals surface area contributed by atoms with Crippen LogP contribution in [0.1, 0.15) is 36.6 Å². The fourth-order valence-corrected chi connectivity index (χ4v) is 4.26. The first-order valence-corrected chi connectivity index (χ1v) is 11.9. The number of aromatic nitrogens is 1. The van der Waals surface area contributed by atoms with E-state index < -0.39 is 23.4 Å². The van der Waals surface area contributed by atoms with E-state index in [0.29, 0.717) is 19.4 Å². The van der Waals surface area contributed by atoms with E-state index in [9.17, 15) is 14.4 Å². The number of imide groups is 1. The van der Waals surface area contributed by atoms with Crippen LogP contribution in [0.15, 0.2) is 42.6 Å². The molecule has 1 aromatic heterocycles. The van der Waals surface area contributed by atoms with E-state index in [0.717, 1.165) is 52.9 Å². The summed E-state index contributed by atoms with van der Waals surface area (Å²) in [7, 11) is 0. The van der Waals surface area contributed by atoms with Crippen molar-refractivity contribution >= 4 is 29.1 Å². The van der Waals surface area contributed by atoms with Gasteiger partial charge in [0.1, 0.15) is 11.9 Å². The molecule has 2 aliphatic rings. The molecule has 1 aromatic carbocycles. The molecule has 2 heterocycles. The quantitative estimate of drug-likeness (QED) is 0.478. The minimum atomic E-state index is -0.851. The van der Waals surface area contributed by atoms with Crippen LogP contribution >= 0.6 is 11.8 Å². The number of carbonyl (C=O) groups excluding carboxylic acids is 3. The highest BCUT2D eigenvalue weighted by atomic mass is 32.2. The lowest BCUT2D eigenvalue weighted by atomic mass is 10.1. The Morgan fingerprint density at radius 2 is 1.88 bits per heavy atom. The summed E-state index contributed by atoms with van der Waals surface area (Å²) in [4.78, 5) is 41.6. The zero-order chi connectivity index (χ0) is 23.2. The molecule has 33 heavy (non-hydrogen) atoms. The van der Waals surface area contributed by atoms with Gasteiger partial charge >= 0.3 is 6.16 Å². The molecule has 2 aromatic rings. The summed E-state index contributed by atoms with van der Waals surface area (Å²) in [6.07, 6.45) is 4.67. The minimum absolute atomic E-state index is 0.0967. The van der Waals surface area contributed by atoms with Gasteiger partial charge in [0.2, 0.25) is 5.91 Å². The third-order valence-corrected chi connectivity index (χ3v) is 6.44. The summed E-state index contributed by atoms with van der Waals surface area (Å²) < 4.78 is 15.7. The van der Waals surface area contributed by atoms with Gasteiger partial charge in [-0.05, 0) is 55.0 Å². The van der Waals surface area contributed by atoms with Crippen LogP contribution in [0.2, 0.25) is 0 Å². The molecule has 2 amide bonds. The number of hydrogen-bond donors (Lipinski definition) is 0. The number of hydrogen-bond acceptors (Lipinski definition) is 8. The van der Waals surface area contributed by atoms with E-state index in [1.807, 2.05) is 36.5 Å². The second-order valence-corrected chi connectivity index (χ2v) is 9.09. The Balaban J connectivity index is 1.22. The van der Waals surface area contributed by atoms with Crippen LogP contribution < -0.4 is 4.74 Å². The molecule has 1 atom stereocenters. The topological polar surface area (TPSA) is 95.0 Å². The summed E-state index contributed by atoms with van der Waals surface area (Å²) in [5, 5.41) is -0.978. The Labute approximate surface area is 196 Å². The highest BCUT2D eigenvalue weighted by molar-refractivity contribution is 8.15. The highest BCUT2D eigenvalue weighted by Crippen LogP contribution is 2.30. The second kappa shape index (κ2) is 10.7. The molecule has 0 radical (unpaired) electrons. The number of ether oxygens (including phenoxy) is 3. The fraction of sp³-hybridized carbons (Fsp3) is 0.417. The molecule has 1 saturated heterocycles. The van der Waals surface area contributed by atoms with Crippen molar-refractivity contribution in [1.29, 1.82) is 0 Å². The minimum Gasteiger partial charge on any atom is -0.493 e. The summed E-state index contributed by atoms with van der Waals surface area (Å²) in [6.45, 7) is 2.19. The summed E-state index contributed by atoms with van der Waals surface area (Å²) in [6, 6.07) is 11.6. The Kier molecular flexibility index (Phi) is 7.49. The summed E-state index contributed by atoms with van der Waals surface area (Å²) in [5.74, 6) is 0.362. The van der Waals surface area contributed by atoms with Crippen molar-refractivity contribution in [1.82, 2.24) is 9.88 Å².